The molecule has 0 aromatic carbocycles. The molecule has 0 bridgehead atoms. The van der Waals surface area contributed by atoms with E-state index in [0.29, 0.717) is 0 Å². The Balaban J connectivity index is 4.20. The molecular weight excluding hydrogens is 204 g/mol. The molecule has 16 heavy (non-hydrogen) atoms. The highest BCUT2D eigenvalue weighted by molar-refractivity contribution is 5.61. The van der Waals surface area contributed by atoms with Crippen molar-refractivity contribution in [2.45, 2.75) is 60.2 Å². The van der Waals surface area contributed by atoms with Crippen molar-refractivity contribution in [3.8, 4) is 11.8 Å². The van der Waals surface area contributed by atoms with Crippen molar-refractivity contribution in [1.29, 1.82) is 0 Å². The molecule has 0 saturated carbocycles. The van der Waals surface area contributed by atoms with Crippen LogP contribution in [-0.2, 0) is 9.47 Å². The second kappa shape index (κ2) is 5.25. The number of hydrogen-bond acceptors (Lipinski definition) is 3. The van der Waals surface area contributed by atoms with Gasteiger partial charge in [0, 0.05) is 5.41 Å². The first kappa shape index (κ1) is 14.8. The van der Waals surface area contributed by atoms with Crippen LogP contribution in [0.15, 0.2) is 0 Å². The minimum absolute atomic E-state index is 0.0917. The Kier molecular flexibility index (Phi) is 4.86. The highest BCUT2D eigenvalue weighted by Gasteiger charge is 2.18. The predicted molar refractivity (Wildman–Crippen MR) is 64.0 cm³/mol. The second-order valence-corrected chi connectivity index (χ2v) is 5.74. The normalized spacial score (nSPS) is 13.4. The van der Waals surface area contributed by atoms with E-state index in [1.54, 1.807) is 27.7 Å². The van der Waals surface area contributed by atoms with Crippen LogP contribution in [0.4, 0.5) is 4.79 Å². The van der Waals surface area contributed by atoms with Gasteiger partial charge in [-0.3, -0.25) is 0 Å². The molecule has 3 heteroatoms. The zero-order valence-electron chi connectivity index (χ0n) is 11.3. The van der Waals surface area contributed by atoms with E-state index in [9.17, 15) is 4.79 Å². The van der Waals surface area contributed by atoms with E-state index >= 15 is 0 Å². The Morgan fingerprint density at radius 2 is 1.62 bits per heavy atom. The first-order valence-electron chi connectivity index (χ1n) is 5.42. The molecule has 0 spiro atoms. The molecule has 3 nitrogen and oxygen atoms in total. The lowest BCUT2D eigenvalue weighted by molar-refractivity contribution is -0.0141. The maximum Gasteiger partial charge on any atom is 0.510 e. The van der Waals surface area contributed by atoms with Crippen LogP contribution in [0.2, 0.25) is 0 Å². The standard InChI is InChI=1S/C13H22O3/c1-10(8-9-12(2,3)4)15-11(14)16-13(5,6)7/h10H,1-7H3. The van der Waals surface area contributed by atoms with Gasteiger partial charge < -0.3 is 9.47 Å². The van der Waals surface area contributed by atoms with Crippen LogP contribution in [0.5, 0.6) is 0 Å². The summed E-state index contributed by atoms with van der Waals surface area (Å²) in [4.78, 5) is 11.3. The van der Waals surface area contributed by atoms with Crippen LogP contribution in [0.25, 0.3) is 0 Å². The monoisotopic (exact) mass is 226 g/mol. The summed E-state index contributed by atoms with van der Waals surface area (Å²) in [6, 6.07) is 0. The van der Waals surface area contributed by atoms with E-state index in [2.05, 4.69) is 11.8 Å². The lowest BCUT2D eigenvalue weighted by Gasteiger charge is -2.19. The fourth-order valence-corrected chi connectivity index (χ4v) is 0.766. The van der Waals surface area contributed by atoms with Crippen LogP contribution in [-0.4, -0.2) is 17.9 Å². The minimum atomic E-state index is -0.678. The zero-order valence-corrected chi connectivity index (χ0v) is 11.3. The first-order valence-corrected chi connectivity index (χ1v) is 5.42. The number of ether oxygens (including phenoxy) is 2. The molecule has 0 heterocycles. The van der Waals surface area contributed by atoms with Gasteiger partial charge in [0.2, 0.25) is 0 Å². The van der Waals surface area contributed by atoms with E-state index < -0.39 is 17.9 Å². The maximum atomic E-state index is 11.3. The molecule has 0 N–H and O–H groups in total. The molecule has 0 amide bonds. The van der Waals surface area contributed by atoms with Gasteiger partial charge in [-0.25, -0.2) is 4.79 Å². The number of hydrogen-bond donors (Lipinski definition) is 0. The third kappa shape index (κ3) is 9.39. The van der Waals surface area contributed by atoms with Crippen LogP contribution < -0.4 is 0 Å². The number of carbonyl (C=O) groups is 1. The molecule has 0 aliphatic heterocycles. The SMILES string of the molecule is CC(C#CC(C)(C)C)OC(=O)OC(C)(C)C. The van der Waals surface area contributed by atoms with Crippen molar-refractivity contribution in [3.05, 3.63) is 0 Å². The van der Waals surface area contributed by atoms with Crippen molar-refractivity contribution in [2.75, 3.05) is 0 Å². The van der Waals surface area contributed by atoms with Crippen molar-refractivity contribution < 1.29 is 14.3 Å². The molecule has 0 aromatic heterocycles. The second-order valence-electron chi connectivity index (χ2n) is 5.74. The topological polar surface area (TPSA) is 35.5 Å². The van der Waals surface area contributed by atoms with Gasteiger partial charge in [-0.05, 0) is 48.5 Å². The average Bonchev–Trinajstić information content (AvgIpc) is 1.95. The average molecular weight is 226 g/mol. The summed E-state index contributed by atoms with van der Waals surface area (Å²) in [6.45, 7) is 13.1. The third-order valence-electron chi connectivity index (χ3n) is 1.31. The van der Waals surface area contributed by atoms with Gasteiger partial charge in [0.1, 0.15) is 5.60 Å². The van der Waals surface area contributed by atoms with Crippen molar-refractivity contribution in [3.63, 3.8) is 0 Å². The van der Waals surface area contributed by atoms with Crippen molar-refractivity contribution >= 4 is 6.16 Å². The van der Waals surface area contributed by atoms with Crippen LogP contribution in [0.3, 0.4) is 0 Å². The summed E-state index contributed by atoms with van der Waals surface area (Å²) in [5, 5.41) is 0. The predicted octanol–water partition coefficient (Wildman–Crippen LogP) is 3.38. The summed E-state index contributed by atoms with van der Waals surface area (Å²) in [5.74, 6) is 5.87. The number of carbonyl (C=O) groups excluding carboxylic acids is 1. The summed E-state index contributed by atoms with van der Waals surface area (Å²) >= 11 is 0. The van der Waals surface area contributed by atoms with E-state index in [0.717, 1.165) is 0 Å². The smallest absolute Gasteiger partial charge is 0.429 e. The van der Waals surface area contributed by atoms with E-state index in [4.69, 9.17) is 9.47 Å². The quantitative estimate of drug-likeness (QED) is 0.508. The molecule has 92 valence electrons. The lowest BCUT2D eigenvalue weighted by atomic mass is 9.98. The highest BCUT2D eigenvalue weighted by atomic mass is 16.7. The van der Waals surface area contributed by atoms with Gasteiger partial charge in [0.25, 0.3) is 0 Å². The molecule has 1 atom stereocenters. The Bertz CT molecular complexity index is 294. The Morgan fingerprint density at radius 1 is 1.12 bits per heavy atom. The molecular formula is C13H22O3. The van der Waals surface area contributed by atoms with E-state index in [1.807, 2.05) is 20.8 Å². The van der Waals surface area contributed by atoms with Crippen LogP contribution in [0.1, 0.15) is 48.5 Å². The third-order valence-corrected chi connectivity index (χ3v) is 1.31. The van der Waals surface area contributed by atoms with Gasteiger partial charge in [-0.2, -0.15) is 0 Å². The number of rotatable bonds is 1. The molecule has 0 saturated heterocycles. The zero-order chi connectivity index (χ0) is 13.0. The van der Waals surface area contributed by atoms with Crippen LogP contribution >= 0.6 is 0 Å². The van der Waals surface area contributed by atoms with Gasteiger partial charge in [0.15, 0.2) is 6.10 Å². The molecule has 0 aromatic rings. The molecule has 0 aliphatic rings. The summed E-state index contributed by atoms with van der Waals surface area (Å²) in [6.07, 6.45) is -1.13. The Hall–Kier alpha value is -1.17. The fourth-order valence-electron chi connectivity index (χ4n) is 0.766. The fraction of sp³-hybridized carbons (Fsp3) is 0.769. The van der Waals surface area contributed by atoms with Gasteiger partial charge >= 0.3 is 6.16 Å². The summed E-state index contributed by atoms with van der Waals surface area (Å²) in [7, 11) is 0. The van der Waals surface area contributed by atoms with Gasteiger partial charge in [0.05, 0.1) is 0 Å². The van der Waals surface area contributed by atoms with Gasteiger partial charge in [-0.15, -0.1) is 0 Å². The molecule has 1 unspecified atom stereocenters. The minimum Gasteiger partial charge on any atom is -0.429 e. The maximum absolute atomic E-state index is 11.3. The van der Waals surface area contributed by atoms with Crippen LogP contribution in [0, 0.1) is 17.3 Å². The Labute approximate surface area is 98.5 Å². The molecule has 0 rings (SSSR count). The molecule has 0 radical (unpaired) electrons. The van der Waals surface area contributed by atoms with E-state index in [-0.39, 0.29) is 5.41 Å². The summed E-state index contributed by atoms with van der Waals surface area (Å²) < 4.78 is 10.00. The highest BCUT2D eigenvalue weighted by Crippen LogP contribution is 2.11. The molecule has 0 aliphatic carbocycles. The van der Waals surface area contributed by atoms with E-state index in [1.165, 1.54) is 0 Å². The summed E-state index contributed by atoms with van der Waals surface area (Å²) in [5.41, 5.74) is -0.625. The van der Waals surface area contributed by atoms with Crippen molar-refractivity contribution in [1.82, 2.24) is 0 Å². The largest absolute Gasteiger partial charge is 0.510 e. The first-order chi connectivity index (χ1) is 6.99. The molecule has 0 fully saturated rings. The van der Waals surface area contributed by atoms with Gasteiger partial charge in [-0.1, -0.05) is 11.8 Å². The Morgan fingerprint density at radius 3 is 2.00 bits per heavy atom. The van der Waals surface area contributed by atoms with Crippen molar-refractivity contribution in [2.24, 2.45) is 5.41 Å². The lowest BCUT2D eigenvalue weighted by Crippen LogP contribution is -2.26.